The molecule has 24 heavy (non-hydrogen) atoms. The van der Waals surface area contributed by atoms with Gasteiger partial charge >= 0.3 is 0 Å². The van der Waals surface area contributed by atoms with Crippen LogP contribution in [-0.2, 0) is 0 Å². The fourth-order valence-electron chi connectivity index (χ4n) is 2.24. The molecule has 0 aliphatic carbocycles. The summed E-state index contributed by atoms with van der Waals surface area (Å²) in [6.45, 7) is 1.61. The van der Waals surface area contributed by atoms with Crippen LogP contribution >= 0.6 is 11.3 Å². The topological polar surface area (TPSA) is 98.1 Å². The first-order valence-corrected chi connectivity index (χ1v) is 7.91. The van der Waals surface area contributed by atoms with Gasteiger partial charge in [-0.05, 0) is 37.3 Å². The molecule has 0 radical (unpaired) electrons. The average molecular weight is 340 g/mol. The van der Waals surface area contributed by atoms with E-state index in [2.05, 4.69) is 25.5 Å². The molecule has 120 valence electrons. The molecule has 0 spiro atoms. The number of hydrogen-bond donors (Lipinski definition) is 1. The summed E-state index contributed by atoms with van der Waals surface area (Å²) in [7, 11) is 1.63. The Morgan fingerprint density at radius 2 is 2.00 bits per heavy atom. The fourth-order valence-corrected chi connectivity index (χ4v) is 3.04. The Labute approximate surface area is 139 Å². The Morgan fingerprint density at radius 1 is 1.21 bits per heavy atom. The molecule has 3 heterocycles. The fraction of sp³-hybridized carbons (Fsp3) is 0.133. The Hall–Kier alpha value is -3.07. The number of benzene rings is 1. The highest BCUT2D eigenvalue weighted by Crippen LogP contribution is 2.27. The lowest BCUT2D eigenvalue weighted by Crippen LogP contribution is -2.19. The number of rotatable bonds is 3. The Kier molecular flexibility index (Phi) is 3.35. The molecule has 0 atom stereocenters. The van der Waals surface area contributed by atoms with Crippen molar-refractivity contribution in [2.24, 2.45) is 0 Å². The van der Waals surface area contributed by atoms with Gasteiger partial charge in [0.05, 0.1) is 18.5 Å². The van der Waals surface area contributed by atoms with Crippen LogP contribution in [0.3, 0.4) is 0 Å². The van der Waals surface area contributed by atoms with Crippen LogP contribution in [0.15, 0.2) is 35.1 Å². The standard InChI is InChI=1S/C15H12N6O2S/c1-8-14(22)21-15(19-16-8)24-13(20-21)12-7-11(17-18-12)9-3-5-10(23-2)6-4-9/h3-7H,1-2H3,(H,17,18). The summed E-state index contributed by atoms with van der Waals surface area (Å²) >= 11 is 1.27. The highest BCUT2D eigenvalue weighted by atomic mass is 32.1. The minimum absolute atomic E-state index is 0.266. The van der Waals surface area contributed by atoms with E-state index < -0.39 is 0 Å². The zero-order chi connectivity index (χ0) is 16.7. The smallest absolute Gasteiger partial charge is 0.296 e. The molecular formula is C15H12N6O2S. The maximum Gasteiger partial charge on any atom is 0.296 e. The zero-order valence-corrected chi connectivity index (χ0v) is 13.7. The van der Waals surface area contributed by atoms with Crippen molar-refractivity contribution in [1.29, 1.82) is 0 Å². The Balaban J connectivity index is 1.74. The van der Waals surface area contributed by atoms with Gasteiger partial charge in [-0.15, -0.1) is 15.3 Å². The molecule has 0 saturated carbocycles. The second kappa shape index (κ2) is 5.53. The number of H-pyrrole nitrogens is 1. The number of nitrogens with one attached hydrogen (secondary N) is 1. The quantitative estimate of drug-likeness (QED) is 0.612. The zero-order valence-electron chi connectivity index (χ0n) is 12.8. The molecule has 1 N–H and O–H groups in total. The van der Waals surface area contributed by atoms with Crippen molar-refractivity contribution in [2.45, 2.75) is 6.92 Å². The second-order valence-electron chi connectivity index (χ2n) is 5.09. The van der Waals surface area contributed by atoms with Crippen LogP contribution in [0.2, 0.25) is 0 Å². The van der Waals surface area contributed by atoms with Gasteiger partial charge in [0.15, 0.2) is 5.01 Å². The molecule has 4 aromatic rings. The number of aromatic nitrogens is 6. The lowest BCUT2D eigenvalue weighted by atomic mass is 10.1. The van der Waals surface area contributed by atoms with E-state index >= 15 is 0 Å². The van der Waals surface area contributed by atoms with Crippen molar-refractivity contribution in [3.05, 3.63) is 46.4 Å². The number of aryl methyl sites for hydroxylation is 1. The highest BCUT2D eigenvalue weighted by molar-refractivity contribution is 7.19. The molecule has 0 aliphatic rings. The molecule has 4 rings (SSSR count). The normalized spacial score (nSPS) is 11.1. The SMILES string of the molecule is COc1ccc(-c2cc(-c3nn4c(=O)c(C)nnc4s3)[nH]n2)cc1. The van der Waals surface area contributed by atoms with Crippen LogP contribution in [0.25, 0.3) is 26.9 Å². The Bertz CT molecular complexity index is 1080. The first-order valence-electron chi connectivity index (χ1n) is 7.09. The lowest BCUT2D eigenvalue weighted by Gasteiger charge is -1.99. The summed E-state index contributed by atoms with van der Waals surface area (Å²) in [5.41, 5.74) is 2.49. The van der Waals surface area contributed by atoms with Crippen LogP contribution < -0.4 is 10.3 Å². The van der Waals surface area contributed by atoms with E-state index in [-0.39, 0.29) is 5.56 Å². The summed E-state index contributed by atoms with van der Waals surface area (Å²) in [6, 6.07) is 9.48. The maximum atomic E-state index is 12.0. The average Bonchev–Trinajstić information content (AvgIpc) is 3.25. The van der Waals surface area contributed by atoms with E-state index in [1.807, 2.05) is 30.3 Å². The van der Waals surface area contributed by atoms with E-state index in [1.54, 1.807) is 14.0 Å². The predicted octanol–water partition coefficient (Wildman–Crippen LogP) is 1.92. The van der Waals surface area contributed by atoms with E-state index in [9.17, 15) is 4.79 Å². The van der Waals surface area contributed by atoms with E-state index in [1.165, 1.54) is 15.9 Å². The van der Waals surface area contributed by atoms with Crippen LogP contribution in [0.5, 0.6) is 5.75 Å². The molecule has 0 aliphatic heterocycles. The lowest BCUT2D eigenvalue weighted by molar-refractivity contribution is 0.415. The van der Waals surface area contributed by atoms with Crippen LogP contribution in [0.4, 0.5) is 0 Å². The Morgan fingerprint density at radius 3 is 2.75 bits per heavy atom. The van der Waals surface area contributed by atoms with Gasteiger partial charge in [-0.1, -0.05) is 11.3 Å². The highest BCUT2D eigenvalue weighted by Gasteiger charge is 2.13. The third-order valence-corrected chi connectivity index (χ3v) is 4.47. The largest absolute Gasteiger partial charge is 0.497 e. The number of hydrogen-bond acceptors (Lipinski definition) is 7. The minimum Gasteiger partial charge on any atom is -0.497 e. The molecule has 0 bridgehead atoms. The third-order valence-electron chi connectivity index (χ3n) is 3.54. The molecule has 1 aromatic carbocycles. The molecule has 3 aromatic heterocycles. The van der Waals surface area contributed by atoms with Crippen molar-refractivity contribution in [3.8, 4) is 27.7 Å². The van der Waals surface area contributed by atoms with Crippen molar-refractivity contribution >= 4 is 16.3 Å². The molecule has 8 nitrogen and oxygen atoms in total. The van der Waals surface area contributed by atoms with Crippen LogP contribution in [0, 0.1) is 6.92 Å². The van der Waals surface area contributed by atoms with Gasteiger partial charge < -0.3 is 4.74 Å². The molecular weight excluding hydrogens is 328 g/mol. The van der Waals surface area contributed by atoms with Crippen LogP contribution in [0.1, 0.15) is 5.69 Å². The van der Waals surface area contributed by atoms with Gasteiger partial charge in [0.1, 0.15) is 11.4 Å². The molecule has 0 fully saturated rings. The van der Waals surface area contributed by atoms with E-state index in [0.717, 1.165) is 17.0 Å². The third kappa shape index (κ3) is 2.35. The maximum absolute atomic E-state index is 12.0. The summed E-state index contributed by atoms with van der Waals surface area (Å²) in [6.07, 6.45) is 0. The number of methoxy groups -OCH3 is 1. The van der Waals surface area contributed by atoms with Gasteiger partial charge in [0, 0.05) is 5.56 Å². The number of ether oxygens (including phenoxy) is 1. The van der Waals surface area contributed by atoms with Crippen molar-refractivity contribution in [1.82, 2.24) is 30.0 Å². The summed E-state index contributed by atoms with van der Waals surface area (Å²) < 4.78 is 6.41. The molecule has 0 amide bonds. The van der Waals surface area contributed by atoms with Crippen molar-refractivity contribution < 1.29 is 4.74 Å². The van der Waals surface area contributed by atoms with Gasteiger partial charge in [-0.3, -0.25) is 9.89 Å². The number of aromatic amines is 1. The molecule has 0 unspecified atom stereocenters. The van der Waals surface area contributed by atoms with E-state index in [4.69, 9.17) is 4.74 Å². The minimum atomic E-state index is -0.266. The van der Waals surface area contributed by atoms with Crippen molar-refractivity contribution in [3.63, 3.8) is 0 Å². The summed E-state index contributed by atoms with van der Waals surface area (Å²) in [4.78, 5) is 12.5. The number of nitrogens with zero attached hydrogens (tertiary/aromatic N) is 5. The summed E-state index contributed by atoms with van der Waals surface area (Å²) in [5.74, 6) is 0.786. The second-order valence-corrected chi connectivity index (χ2v) is 6.04. The van der Waals surface area contributed by atoms with Crippen LogP contribution in [-0.4, -0.2) is 37.1 Å². The first kappa shape index (κ1) is 14.5. The summed E-state index contributed by atoms with van der Waals surface area (Å²) in [5, 5.41) is 20.0. The van der Waals surface area contributed by atoms with Gasteiger partial charge in [0.2, 0.25) is 4.96 Å². The van der Waals surface area contributed by atoms with Crippen molar-refractivity contribution in [2.75, 3.05) is 7.11 Å². The molecule has 0 saturated heterocycles. The van der Waals surface area contributed by atoms with Gasteiger partial charge in [-0.2, -0.15) is 9.61 Å². The van der Waals surface area contributed by atoms with Gasteiger partial charge in [0.25, 0.3) is 5.56 Å². The van der Waals surface area contributed by atoms with Gasteiger partial charge in [-0.25, -0.2) is 0 Å². The first-order chi connectivity index (χ1) is 11.7. The van der Waals surface area contributed by atoms with E-state index in [0.29, 0.717) is 21.4 Å². The monoisotopic (exact) mass is 340 g/mol. The number of fused-ring (bicyclic) bond motifs is 1. The predicted molar refractivity (Wildman–Crippen MR) is 89.2 cm³/mol. The molecule has 9 heteroatoms.